The molecule has 0 aliphatic carbocycles. The highest BCUT2D eigenvalue weighted by Crippen LogP contribution is 2.25. The van der Waals surface area contributed by atoms with Crippen molar-refractivity contribution < 1.29 is 26.6 Å². The van der Waals surface area contributed by atoms with Crippen molar-refractivity contribution in [1.82, 2.24) is 13.5 Å². The van der Waals surface area contributed by atoms with Crippen molar-refractivity contribution in [2.45, 2.75) is 43.5 Å². The van der Waals surface area contributed by atoms with E-state index < -0.39 is 31.0 Å². The van der Waals surface area contributed by atoms with Gasteiger partial charge in [0.1, 0.15) is 6.04 Å². The molecule has 0 unspecified atom stereocenters. The van der Waals surface area contributed by atoms with E-state index in [1.54, 1.807) is 6.92 Å². The highest BCUT2D eigenvalue weighted by molar-refractivity contribution is 7.89. The number of carbonyl (C=O) groups is 1. The van der Waals surface area contributed by atoms with Gasteiger partial charge in [-0.3, -0.25) is 14.9 Å². The van der Waals surface area contributed by atoms with Crippen molar-refractivity contribution in [3.05, 3.63) is 34.4 Å². The number of piperidine rings is 1. The van der Waals surface area contributed by atoms with Gasteiger partial charge >= 0.3 is 0 Å². The second kappa shape index (κ2) is 9.81. The van der Waals surface area contributed by atoms with Gasteiger partial charge in [0.15, 0.2) is 0 Å². The molecule has 0 bridgehead atoms. The van der Waals surface area contributed by atoms with E-state index in [-0.39, 0.29) is 48.4 Å². The van der Waals surface area contributed by atoms with Crippen molar-refractivity contribution in [3.8, 4) is 0 Å². The number of hydrogen-bond acceptors (Lipinski definition) is 7. The summed E-state index contributed by atoms with van der Waals surface area (Å²) in [5.41, 5.74) is -0.314. The Hall–Kier alpha value is -2.09. The van der Waals surface area contributed by atoms with Crippen LogP contribution in [0, 0.1) is 10.1 Å². The first-order valence-electron chi connectivity index (χ1n) is 10.6. The Labute approximate surface area is 188 Å². The molecule has 2 saturated heterocycles. The van der Waals surface area contributed by atoms with Gasteiger partial charge in [0.05, 0.1) is 15.6 Å². The second-order valence-electron chi connectivity index (χ2n) is 7.92. The predicted molar refractivity (Wildman–Crippen MR) is 117 cm³/mol. The van der Waals surface area contributed by atoms with E-state index in [9.17, 15) is 31.7 Å². The molecular formula is C19H28N4O7S2. The number of nitrogens with zero attached hydrogens (tertiary/aromatic N) is 4. The fraction of sp³-hybridized carbons (Fsp3) is 0.632. The minimum atomic E-state index is -3.95. The summed E-state index contributed by atoms with van der Waals surface area (Å²) in [6, 6.07) is 4.11. The van der Waals surface area contributed by atoms with Crippen LogP contribution in [-0.4, -0.2) is 85.7 Å². The number of sulfonamides is 2. The Morgan fingerprint density at radius 1 is 1.09 bits per heavy atom. The van der Waals surface area contributed by atoms with Crippen molar-refractivity contribution in [2.75, 3.05) is 38.5 Å². The molecule has 0 radical (unpaired) electrons. The van der Waals surface area contributed by atoms with Crippen LogP contribution >= 0.6 is 0 Å². The van der Waals surface area contributed by atoms with Gasteiger partial charge in [-0.15, -0.1) is 0 Å². The predicted octanol–water partition coefficient (Wildman–Crippen LogP) is 1.02. The van der Waals surface area contributed by atoms with Gasteiger partial charge in [-0.25, -0.2) is 16.8 Å². The minimum Gasteiger partial charge on any atom is -0.339 e. The number of non-ortho nitro benzene ring substituents is 1. The van der Waals surface area contributed by atoms with E-state index in [0.717, 1.165) is 12.5 Å². The summed E-state index contributed by atoms with van der Waals surface area (Å²) in [6.45, 7) is 2.42. The number of carbonyl (C=O) groups excluding carboxylic acids is 1. The molecule has 0 spiro atoms. The molecule has 2 aliphatic heterocycles. The summed E-state index contributed by atoms with van der Waals surface area (Å²) in [5.74, 6) is -0.303. The molecule has 2 aliphatic rings. The lowest BCUT2D eigenvalue weighted by molar-refractivity contribution is -0.385. The third kappa shape index (κ3) is 5.11. The fourth-order valence-corrected chi connectivity index (χ4v) is 7.33. The lowest BCUT2D eigenvalue weighted by atomic mass is 10.0. The number of rotatable bonds is 7. The monoisotopic (exact) mass is 488 g/mol. The first-order valence-corrected chi connectivity index (χ1v) is 13.7. The van der Waals surface area contributed by atoms with Crippen LogP contribution in [0.3, 0.4) is 0 Å². The lowest BCUT2D eigenvalue weighted by Gasteiger charge is -2.39. The smallest absolute Gasteiger partial charge is 0.270 e. The molecule has 1 amide bonds. The molecule has 3 rings (SSSR count). The van der Waals surface area contributed by atoms with Crippen molar-refractivity contribution in [2.24, 2.45) is 0 Å². The number of amides is 1. The highest BCUT2D eigenvalue weighted by Gasteiger charge is 2.40. The molecule has 1 aromatic rings. The second-order valence-corrected chi connectivity index (χ2v) is 11.9. The minimum absolute atomic E-state index is 0.00792. The first-order chi connectivity index (χ1) is 15.1. The summed E-state index contributed by atoms with van der Waals surface area (Å²) in [7, 11) is -7.47. The molecule has 0 N–H and O–H groups in total. The number of piperazine rings is 1. The third-order valence-electron chi connectivity index (χ3n) is 5.77. The van der Waals surface area contributed by atoms with Gasteiger partial charge in [-0.05, 0) is 25.3 Å². The first kappa shape index (κ1) is 24.6. The number of nitro groups is 1. The Morgan fingerprint density at radius 2 is 1.78 bits per heavy atom. The molecule has 178 valence electrons. The van der Waals surface area contributed by atoms with Gasteiger partial charge in [0, 0.05) is 44.9 Å². The Bertz CT molecular complexity index is 1070. The summed E-state index contributed by atoms with van der Waals surface area (Å²) < 4.78 is 53.6. The van der Waals surface area contributed by atoms with E-state index in [0.29, 0.717) is 25.8 Å². The SMILES string of the molecule is CCCS(=O)(=O)N1CCCC[C@H]1C(=O)N1CCN(S(=O)(=O)c2cccc([N+](=O)[O-])c2)CC1. The molecule has 32 heavy (non-hydrogen) atoms. The van der Waals surface area contributed by atoms with Crippen LogP contribution in [0.4, 0.5) is 5.69 Å². The number of nitro benzene ring substituents is 1. The van der Waals surface area contributed by atoms with Crippen LogP contribution in [0.5, 0.6) is 0 Å². The van der Waals surface area contributed by atoms with Crippen LogP contribution in [0.1, 0.15) is 32.6 Å². The fourth-order valence-electron chi connectivity index (χ4n) is 4.13. The molecule has 2 heterocycles. The van der Waals surface area contributed by atoms with Crippen LogP contribution in [0.2, 0.25) is 0 Å². The van der Waals surface area contributed by atoms with Gasteiger partial charge in [0.25, 0.3) is 5.69 Å². The van der Waals surface area contributed by atoms with Crippen molar-refractivity contribution >= 4 is 31.6 Å². The summed E-state index contributed by atoms with van der Waals surface area (Å²) in [6.07, 6.45) is 2.39. The molecule has 13 heteroatoms. The number of benzene rings is 1. The summed E-state index contributed by atoms with van der Waals surface area (Å²) >= 11 is 0. The Balaban J connectivity index is 1.70. The molecular weight excluding hydrogens is 460 g/mol. The quantitative estimate of drug-likeness (QED) is 0.412. The summed E-state index contributed by atoms with van der Waals surface area (Å²) in [4.78, 5) is 24.8. The zero-order valence-electron chi connectivity index (χ0n) is 17.9. The molecule has 0 saturated carbocycles. The van der Waals surface area contributed by atoms with Crippen LogP contribution in [0.15, 0.2) is 29.2 Å². The molecule has 1 atom stereocenters. The maximum absolute atomic E-state index is 13.1. The lowest BCUT2D eigenvalue weighted by Crippen LogP contribution is -2.57. The summed E-state index contributed by atoms with van der Waals surface area (Å²) in [5, 5.41) is 11.0. The zero-order chi connectivity index (χ0) is 23.5. The van der Waals surface area contributed by atoms with E-state index in [1.165, 1.54) is 31.7 Å². The van der Waals surface area contributed by atoms with Gasteiger partial charge in [0.2, 0.25) is 26.0 Å². The van der Waals surface area contributed by atoms with Gasteiger partial charge < -0.3 is 4.90 Å². The maximum Gasteiger partial charge on any atom is 0.270 e. The molecule has 0 aromatic heterocycles. The standard InChI is InChI=1S/C19H28N4O7S2/c1-2-14-31(27,28)22-9-4-3-8-18(22)19(24)20-10-12-21(13-11-20)32(29,30)17-7-5-6-16(15-17)23(25)26/h5-7,15,18H,2-4,8-14H2,1H3/t18-/m0/s1. The Morgan fingerprint density at radius 3 is 2.41 bits per heavy atom. The van der Waals surface area contributed by atoms with E-state index >= 15 is 0 Å². The normalized spacial score (nSPS) is 21.4. The molecule has 2 fully saturated rings. The van der Waals surface area contributed by atoms with Crippen LogP contribution in [0.25, 0.3) is 0 Å². The van der Waals surface area contributed by atoms with Gasteiger partial charge in [-0.2, -0.15) is 8.61 Å². The number of hydrogen-bond donors (Lipinski definition) is 0. The molecule has 11 nitrogen and oxygen atoms in total. The highest BCUT2D eigenvalue weighted by atomic mass is 32.2. The van der Waals surface area contributed by atoms with E-state index in [2.05, 4.69) is 0 Å². The third-order valence-corrected chi connectivity index (χ3v) is 9.75. The van der Waals surface area contributed by atoms with E-state index in [1.807, 2.05) is 0 Å². The van der Waals surface area contributed by atoms with Crippen molar-refractivity contribution in [3.63, 3.8) is 0 Å². The topological polar surface area (TPSA) is 138 Å². The molecule has 1 aromatic carbocycles. The van der Waals surface area contributed by atoms with Crippen LogP contribution < -0.4 is 0 Å². The largest absolute Gasteiger partial charge is 0.339 e. The van der Waals surface area contributed by atoms with Crippen LogP contribution in [-0.2, 0) is 24.8 Å². The van der Waals surface area contributed by atoms with E-state index in [4.69, 9.17) is 0 Å². The van der Waals surface area contributed by atoms with Crippen molar-refractivity contribution in [1.29, 1.82) is 0 Å². The maximum atomic E-state index is 13.1. The average Bonchev–Trinajstić information content (AvgIpc) is 2.78. The average molecular weight is 489 g/mol. The zero-order valence-corrected chi connectivity index (χ0v) is 19.6. The van der Waals surface area contributed by atoms with Gasteiger partial charge in [-0.1, -0.05) is 19.4 Å². The Kier molecular flexibility index (Phi) is 7.53.